The second kappa shape index (κ2) is 10.4. The smallest absolute Gasteiger partial charge is 0.267 e. The van der Waals surface area contributed by atoms with Gasteiger partial charge in [0.25, 0.3) is 5.91 Å². The molecule has 3 aromatic carbocycles. The summed E-state index contributed by atoms with van der Waals surface area (Å²) in [6.45, 7) is 0.129. The number of hydrogen-bond donors (Lipinski definition) is 1. The van der Waals surface area contributed by atoms with Crippen molar-refractivity contribution in [1.29, 1.82) is 0 Å². The molecule has 3 rings (SSSR count). The zero-order valence-electron chi connectivity index (χ0n) is 16.8. The van der Waals surface area contributed by atoms with Crippen LogP contribution >= 0.6 is 34.8 Å². The minimum absolute atomic E-state index is 0.129. The van der Waals surface area contributed by atoms with Gasteiger partial charge in [-0.05, 0) is 54.1 Å². The highest BCUT2D eigenvalue weighted by Gasteiger charge is 2.18. The van der Waals surface area contributed by atoms with Crippen molar-refractivity contribution in [3.63, 3.8) is 0 Å². The summed E-state index contributed by atoms with van der Waals surface area (Å²) in [6.07, 6.45) is 2.48. The molecule has 0 bridgehead atoms. The van der Waals surface area contributed by atoms with Crippen molar-refractivity contribution in [2.75, 3.05) is 10.6 Å². The molecule has 0 fully saturated rings. The van der Waals surface area contributed by atoms with Crippen LogP contribution in [0.5, 0.6) is 0 Å². The fraction of sp³-hybridized carbons (Fsp3) is 0.0909. The van der Waals surface area contributed by atoms with Crippen molar-refractivity contribution in [2.45, 2.75) is 6.54 Å². The summed E-state index contributed by atoms with van der Waals surface area (Å²) in [7, 11) is -3.56. The summed E-state index contributed by atoms with van der Waals surface area (Å²) in [5, 5.41) is 5.26. The lowest BCUT2D eigenvalue weighted by Crippen LogP contribution is -2.29. The number of hydrogen-bond acceptors (Lipinski definition) is 4. The lowest BCUT2D eigenvalue weighted by molar-refractivity contribution is 0.0955. The maximum absolute atomic E-state index is 12.4. The van der Waals surface area contributed by atoms with Gasteiger partial charge in [0, 0.05) is 16.1 Å². The summed E-state index contributed by atoms with van der Waals surface area (Å²) < 4.78 is 25.9. The fourth-order valence-corrected chi connectivity index (χ4v) is 4.30. The Morgan fingerprint density at radius 3 is 2.12 bits per heavy atom. The molecule has 3 aromatic rings. The Bertz CT molecular complexity index is 1230. The second-order valence-electron chi connectivity index (χ2n) is 6.78. The molecule has 0 saturated heterocycles. The number of nitrogens with zero attached hydrogens (tertiary/aromatic N) is 2. The average molecular weight is 511 g/mol. The molecule has 0 heterocycles. The molecule has 32 heavy (non-hydrogen) atoms. The Balaban J connectivity index is 1.73. The molecule has 0 spiro atoms. The molecule has 0 radical (unpaired) electrons. The van der Waals surface area contributed by atoms with Crippen LogP contribution in [-0.2, 0) is 16.6 Å². The van der Waals surface area contributed by atoms with E-state index in [0.717, 1.165) is 11.8 Å². The lowest BCUT2D eigenvalue weighted by Gasteiger charge is -2.22. The number of halogens is 3. The predicted molar refractivity (Wildman–Crippen MR) is 130 cm³/mol. The van der Waals surface area contributed by atoms with Gasteiger partial charge in [0.15, 0.2) is 0 Å². The first-order chi connectivity index (χ1) is 15.1. The van der Waals surface area contributed by atoms with Gasteiger partial charge in [-0.2, -0.15) is 5.10 Å². The Morgan fingerprint density at radius 1 is 0.969 bits per heavy atom. The van der Waals surface area contributed by atoms with Crippen LogP contribution in [0.15, 0.2) is 71.8 Å². The molecule has 10 heteroatoms. The maximum Gasteiger partial charge on any atom is 0.271 e. The molecule has 0 atom stereocenters. The van der Waals surface area contributed by atoms with Gasteiger partial charge in [-0.3, -0.25) is 9.10 Å². The largest absolute Gasteiger partial charge is 0.271 e. The van der Waals surface area contributed by atoms with Gasteiger partial charge in [0.2, 0.25) is 10.0 Å². The fourth-order valence-electron chi connectivity index (χ4n) is 2.79. The summed E-state index contributed by atoms with van der Waals surface area (Å²) >= 11 is 18.0. The summed E-state index contributed by atoms with van der Waals surface area (Å²) in [5.74, 6) is -0.473. The van der Waals surface area contributed by atoms with E-state index in [9.17, 15) is 13.2 Å². The summed E-state index contributed by atoms with van der Waals surface area (Å²) in [5.41, 5.74) is 4.37. The number of sulfonamides is 1. The molecule has 0 aliphatic rings. The predicted octanol–water partition coefficient (Wildman–Crippen LogP) is 5.38. The Hall–Kier alpha value is -2.58. The standard InChI is InChI=1S/C22H18Cl3N3O3S/c1-32(30,31)28(14-15-5-9-17(23)10-6-15)18-11-7-16(8-12-18)22(29)27-26-13-19-20(24)3-2-4-21(19)25/h2-13H,14H2,1H3,(H,27,29)/b26-13-. The van der Waals surface area contributed by atoms with E-state index < -0.39 is 15.9 Å². The quantitative estimate of drug-likeness (QED) is 0.342. The van der Waals surface area contributed by atoms with Crippen LogP contribution < -0.4 is 9.73 Å². The monoisotopic (exact) mass is 509 g/mol. The molecule has 0 saturated carbocycles. The first-order valence-corrected chi connectivity index (χ1v) is 12.2. The third-order valence-corrected chi connectivity index (χ3v) is 6.47. The van der Waals surface area contributed by atoms with Crippen LogP contribution in [0.25, 0.3) is 0 Å². The number of anilines is 1. The number of carbonyl (C=O) groups excluding carboxylic acids is 1. The minimum atomic E-state index is -3.56. The molecular formula is C22H18Cl3N3O3S. The zero-order chi connectivity index (χ0) is 23.3. The van der Waals surface area contributed by atoms with E-state index in [1.807, 2.05) is 0 Å². The third-order valence-electron chi connectivity index (χ3n) is 4.42. The molecule has 1 amide bonds. The molecule has 0 unspecified atom stereocenters. The topological polar surface area (TPSA) is 78.8 Å². The van der Waals surface area contributed by atoms with Crippen LogP contribution in [-0.4, -0.2) is 26.8 Å². The molecule has 1 N–H and O–H groups in total. The Morgan fingerprint density at radius 2 is 1.56 bits per heavy atom. The SMILES string of the molecule is CS(=O)(=O)N(Cc1ccc(Cl)cc1)c1ccc(C(=O)N/N=C\c2c(Cl)cccc2Cl)cc1. The number of carbonyl (C=O) groups is 1. The van der Waals surface area contributed by atoms with Crippen LogP contribution in [0.2, 0.25) is 15.1 Å². The van der Waals surface area contributed by atoms with E-state index >= 15 is 0 Å². The highest BCUT2D eigenvalue weighted by molar-refractivity contribution is 7.92. The highest BCUT2D eigenvalue weighted by atomic mass is 35.5. The number of amides is 1. The van der Waals surface area contributed by atoms with Gasteiger partial charge in [-0.1, -0.05) is 53.0 Å². The number of benzene rings is 3. The van der Waals surface area contributed by atoms with Gasteiger partial charge in [-0.15, -0.1) is 0 Å². The highest BCUT2D eigenvalue weighted by Crippen LogP contribution is 2.23. The molecule has 166 valence electrons. The van der Waals surface area contributed by atoms with Crippen LogP contribution in [0, 0.1) is 0 Å². The Kier molecular flexibility index (Phi) is 7.79. The number of rotatable bonds is 7. The molecule has 6 nitrogen and oxygen atoms in total. The maximum atomic E-state index is 12.4. The van der Waals surface area contributed by atoms with Crippen LogP contribution in [0.1, 0.15) is 21.5 Å². The van der Waals surface area contributed by atoms with Crippen LogP contribution in [0.3, 0.4) is 0 Å². The summed E-state index contributed by atoms with van der Waals surface area (Å²) in [4.78, 5) is 12.4. The van der Waals surface area contributed by atoms with E-state index in [1.165, 1.54) is 22.7 Å². The first-order valence-electron chi connectivity index (χ1n) is 9.25. The van der Waals surface area contributed by atoms with Crippen molar-refractivity contribution in [3.05, 3.63) is 98.5 Å². The van der Waals surface area contributed by atoms with Crippen molar-refractivity contribution in [1.82, 2.24) is 5.43 Å². The van der Waals surface area contributed by atoms with E-state index in [2.05, 4.69) is 10.5 Å². The van der Waals surface area contributed by atoms with Gasteiger partial charge in [0.1, 0.15) is 0 Å². The van der Waals surface area contributed by atoms with Gasteiger partial charge in [0.05, 0.1) is 34.7 Å². The van der Waals surface area contributed by atoms with E-state index in [0.29, 0.717) is 31.9 Å². The van der Waals surface area contributed by atoms with E-state index in [1.54, 1.807) is 54.6 Å². The normalized spacial score (nSPS) is 11.5. The minimum Gasteiger partial charge on any atom is -0.267 e. The zero-order valence-corrected chi connectivity index (χ0v) is 19.9. The van der Waals surface area contributed by atoms with E-state index in [4.69, 9.17) is 34.8 Å². The summed E-state index contributed by atoms with van der Waals surface area (Å²) in [6, 6.07) is 18.1. The number of nitrogens with one attached hydrogen (secondary N) is 1. The number of hydrazone groups is 1. The van der Waals surface area contributed by atoms with Crippen molar-refractivity contribution >= 4 is 62.6 Å². The molecular weight excluding hydrogens is 493 g/mol. The van der Waals surface area contributed by atoms with Gasteiger partial charge in [-0.25, -0.2) is 13.8 Å². The van der Waals surface area contributed by atoms with Crippen molar-refractivity contribution < 1.29 is 13.2 Å². The Labute approximate surface area is 201 Å². The molecule has 0 aromatic heterocycles. The van der Waals surface area contributed by atoms with E-state index in [-0.39, 0.29) is 6.54 Å². The third kappa shape index (κ3) is 6.23. The van der Waals surface area contributed by atoms with Gasteiger partial charge < -0.3 is 0 Å². The molecule has 0 aliphatic carbocycles. The van der Waals surface area contributed by atoms with Crippen molar-refractivity contribution in [3.8, 4) is 0 Å². The second-order valence-corrected chi connectivity index (χ2v) is 9.94. The van der Waals surface area contributed by atoms with Crippen LogP contribution in [0.4, 0.5) is 5.69 Å². The lowest BCUT2D eigenvalue weighted by atomic mass is 10.2. The van der Waals surface area contributed by atoms with Crippen molar-refractivity contribution in [2.24, 2.45) is 5.10 Å². The first kappa shape index (κ1) is 24.1. The van der Waals surface area contributed by atoms with Gasteiger partial charge >= 0.3 is 0 Å². The average Bonchev–Trinajstić information content (AvgIpc) is 2.74. The molecule has 0 aliphatic heterocycles.